The number of halogens is 14. The molecule has 0 nitrogen and oxygen atoms in total. The van der Waals surface area contributed by atoms with Crippen molar-refractivity contribution in [3.8, 4) is 22.3 Å². The number of rotatable bonds is 6. The summed E-state index contributed by atoms with van der Waals surface area (Å²) in [6.07, 6.45) is -5.69. The number of fused-ring (bicyclic) bond motifs is 2. The average Bonchev–Trinajstić information content (AvgIpc) is 3.83. The van der Waals surface area contributed by atoms with Crippen LogP contribution in [0.1, 0.15) is 109 Å². The van der Waals surface area contributed by atoms with E-state index in [9.17, 15) is 52.7 Å². The molecular formula is C52H54Cl2F12SiZr-4. The Balaban J connectivity index is 0.000000426. The molecule has 16 heteroatoms. The third-order valence-electron chi connectivity index (χ3n) is 12.3. The number of aryl methyl sites for hydroxylation is 2. The Kier molecular flexibility index (Phi) is 22.3. The first-order chi connectivity index (χ1) is 30.0. The van der Waals surface area contributed by atoms with Crippen LogP contribution >= 0.6 is 24.8 Å². The second-order valence-electron chi connectivity index (χ2n) is 17.4. The number of hydrogen-bond acceptors (Lipinski definition) is 0. The van der Waals surface area contributed by atoms with E-state index in [2.05, 4.69) is 6.88 Å². The van der Waals surface area contributed by atoms with Crippen LogP contribution in [0.5, 0.6) is 0 Å². The van der Waals surface area contributed by atoms with Crippen LogP contribution < -0.4 is 0 Å². The van der Waals surface area contributed by atoms with Gasteiger partial charge in [0.25, 0.3) is 0 Å². The number of hydrogen-bond donors (Lipinski definition) is 0. The predicted molar refractivity (Wildman–Crippen MR) is 253 cm³/mol. The Morgan fingerprint density at radius 2 is 0.721 bits per heavy atom. The fourth-order valence-electron chi connectivity index (χ4n) is 9.45. The molecule has 2 aliphatic carbocycles. The van der Waals surface area contributed by atoms with Crippen molar-refractivity contribution in [3.05, 3.63) is 144 Å². The SMILES string of the molecule is Cc1cc(-c2cc(C(F)(F)F)cc(C(F)(F)F)c2)c2cc(CC3CCCCC3)[cH-]c2c1.Cc1cc(-c2cc(C(F)(F)F)cc(C(F)(F)F)c2)c2cc(CC3CCCCC3)[cH-]c2c1.Cl.Cl.[CH3-].[CH3-].[Si]=[Zr]. The van der Waals surface area contributed by atoms with Gasteiger partial charge in [-0.1, -0.05) is 98.6 Å². The second kappa shape index (κ2) is 24.9. The summed E-state index contributed by atoms with van der Waals surface area (Å²) in [4.78, 5) is 0. The van der Waals surface area contributed by atoms with Crippen LogP contribution in [0.3, 0.4) is 0 Å². The zero-order valence-electron chi connectivity index (χ0n) is 38.1. The molecule has 0 N–H and O–H groups in total. The van der Waals surface area contributed by atoms with Gasteiger partial charge in [-0.25, -0.2) is 0 Å². The van der Waals surface area contributed by atoms with Crippen molar-refractivity contribution in [2.75, 3.05) is 0 Å². The van der Waals surface area contributed by atoms with Crippen LogP contribution in [0.2, 0.25) is 0 Å². The van der Waals surface area contributed by atoms with Gasteiger partial charge in [-0.2, -0.15) is 64.8 Å². The van der Waals surface area contributed by atoms with E-state index in [0.717, 1.165) is 95.8 Å². The van der Waals surface area contributed by atoms with Gasteiger partial charge >= 0.3 is 54.9 Å². The Morgan fingerprint density at radius 1 is 0.441 bits per heavy atom. The van der Waals surface area contributed by atoms with E-state index < -0.39 is 47.0 Å². The first-order valence-electron chi connectivity index (χ1n) is 21.3. The van der Waals surface area contributed by atoms with Crippen LogP contribution in [0.25, 0.3) is 43.8 Å². The Hall–Kier alpha value is -3.06. The molecule has 6 aromatic rings. The van der Waals surface area contributed by atoms with E-state index in [1.807, 2.05) is 36.4 Å². The molecule has 0 unspecified atom stereocenters. The molecule has 0 spiro atoms. The van der Waals surface area contributed by atoms with Gasteiger partial charge in [0.2, 0.25) is 0 Å². The third kappa shape index (κ3) is 15.5. The molecule has 6 aromatic carbocycles. The Bertz CT molecular complexity index is 2310. The molecule has 0 heterocycles. The van der Waals surface area contributed by atoms with E-state index in [-0.39, 0.29) is 62.9 Å². The normalized spacial score (nSPS) is 14.8. The fraction of sp³-hybridized carbons (Fsp3) is 0.385. The minimum atomic E-state index is -4.86. The van der Waals surface area contributed by atoms with Gasteiger partial charge in [0.1, 0.15) is 0 Å². The summed E-state index contributed by atoms with van der Waals surface area (Å²) >= 11 is 1.36. The maximum absolute atomic E-state index is 13.3. The molecule has 68 heavy (non-hydrogen) atoms. The van der Waals surface area contributed by atoms with Crippen LogP contribution in [0.15, 0.2) is 84.9 Å². The molecule has 0 saturated heterocycles. The predicted octanol–water partition coefficient (Wildman–Crippen LogP) is 18.7. The molecule has 0 bridgehead atoms. The van der Waals surface area contributed by atoms with Crippen LogP contribution in [-0.2, 0) is 60.9 Å². The monoisotopic (exact) mass is 1090 g/mol. The van der Waals surface area contributed by atoms with Crippen molar-refractivity contribution >= 4 is 53.2 Å². The zero-order chi connectivity index (χ0) is 46.8. The second-order valence-corrected chi connectivity index (χ2v) is 17.4. The van der Waals surface area contributed by atoms with E-state index in [4.69, 9.17) is 0 Å². The molecule has 0 amide bonds. The molecule has 2 radical (unpaired) electrons. The molecule has 2 aliphatic rings. The van der Waals surface area contributed by atoms with E-state index in [1.165, 1.54) is 61.9 Å². The van der Waals surface area contributed by atoms with Crippen LogP contribution in [0.4, 0.5) is 52.7 Å². The summed E-state index contributed by atoms with van der Waals surface area (Å²) in [5.74, 6) is 1.17. The van der Waals surface area contributed by atoms with E-state index in [1.54, 1.807) is 26.0 Å². The van der Waals surface area contributed by atoms with Crippen molar-refractivity contribution in [3.63, 3.8) is 0 Å². The summed E-state index contributed by atoms with van der Waals surface area (Å²) in [6, 6.07) is 18.7. The summed E-state index contributed by atoms with van der Waals surface area (Å²) in [5, 5.41) is 3.10. The average molecular weight is 1100 g/mol. The Labute approximate surface area is 420 Å². The molecule has 0 atom stereocenters. The number of alkyl halides is 12. The molecule has 2 saturated carbocycles. The minimum absolute atomic E-state index is 0. The summed E-state index contributed by atoms with van der Waals surface area (Å²) in [6.45, 7) is 6.66. The first kappa shape index (κ1) is 61.1. The molecule has 0 aliphatic heterocycles. The molecule has 8 rings (SSSR count). The fourth-order valence-corrected chi connectivity index (χ4v) is 9.45. The van der Waals surface area contributed by atoms with Crippen LogP contribution in [0, 0.1) is 40.5 Å². The van der Waals surface area contributed by atoms with Crippen molar-refractivity contribution in [2.24, 2.45) is 11.8 Å². The quantitative estimate of drug-likeness (QED) is 0.0886. The van der Waals surface area contributed by atoms with Crippen molar-refractivity contribution < 1.29 is 76.0 Å². The van der Waals surface area contributed by atoms with Gasteiger partial charge in [0, 0.05) is 0 Å². The molecule has 0 aromatic heterocycles. The van der Waals surface area contributed by atoms with Gasteiger partial charge in [-0.15, -0.1) is 81.8 Å². The summed E-state index contributed by atoms with van der Waals surface area (Å²) in [7, 11) is 0. The summed E-state index contributed by atoms with van der Waals surface area (Å²) in [5.41, 5.74) is -0.705. The number of benzene rings is 4. The Morgan fingerprint density at radius 3 is 0.985 bits per heavy atom. The van der Waals surface area contributed by atoms with Gasteiger partial charge in [-0.3, -0.25) is 0 Å². The molecule has 372 valence electrons. The van der Waals surface area contributed by atoms with Crippen molar-refractivity contribution in [2.45, 2.75) is 116 Å². The van der Waals surface area contributed by atoms with Crippen molar-refractivity contribution in [1.82, 2.24) is 0 Å². The van der Waals surface area contributed by atoms with Crippen molar-refractivity contribution in [1.29, 1.82) is 0 Å². The third-order valence-corrected chi connectivity index (χ3v) is 12.3. The van der Waals surface area contributed by atoms with E-state index in [0.29, 0.717) is 33.7 Å². The van der Waals surface area contributed by atoms with Gasteiger partial charge in [0.15, 0.2) is 0 Å². The topological polar surface area (TPSA) is 0 Å². The maximum atomic E-state index is 13.3. The van der Waals surface area contributed by atoms with Crippen LogP contribution in [-0.4, -0.2) is 6.88 Å². The standard InChI is InChI=1S/2C25H23F6.2CH3.2ClH.Si.Zr/c2*1-15-7-18-10-17(9-16-5-3-2-4-6-16)11-23(18)22(8-15)19-12-20(24(26,27)28)14-21(13-19)25(29,30)31;;;;;;/h2*7-8,10-14,16H,2-6,9H2,1H3;2*1H3;2*1H;;/q4*-1;;;;. The van der Waals surface area contributed by atoms with Gasteiger partial charge in [-0.05, 0) is 86.1 Å². The molecular weight excluding hydrogens is 1040 g/mol. The molecule has 2 fully saturated rings. The zero-order valence-corrected chi connectivity index (χ0v) is 43.2. The summed E-state index contributed by atoms with van der Waals surface area (Å²) < 4.78 is 160. The van der Waals surface area contributed by atoms with Gasteiger partial charge < -0.3 is 14.9 Å². The first-order valence-corrected chi connectivity index (χ1v) is 25.4. The van der Waals surface area contributed by atoms with E-state index >= 15 is 0 Å². The van der Waals surface area contributed by atoms with Gasteiger partial charge in [0.05, 0.1) is 22.3 Å².